The first-order valence-corrected chi connectivity index (χ1v) is 17.1. The first-order valence-electron chi connectivity index (χ1n) is 15.3. The largest absolute Gasteiger partial charge is 0.497 e. The lowest BCUT2D eigenvalue weighted by molar-refractivity contribution is -0.132. The van der Waals surface area contributed by atoms with Gasteiger partial charge in [0.25, 0.3) is 22.2 Å². The molecule has 4 heterocycles. The fraction of sp³-hybridized carbons (Fsp3) is 0.294. The van der Waals surface area contributed by atoms with Gasteiger partial charge in [0.05, 0.1) is 29.9 Å². The van der Waals surface area contributed by atoms with Crippen LogP contribution in [0, 0.1) is 0 Å². The fourth-order valence-corrected chi connectivity index (χ4v) is 8.34. The maximum Gasteiger partial charge on any atom is 0.274 e. The summed E-state index contributed by atoms with van der Waals surface area (Å²) in [6, 6.07) is 17.9. The summed E-state index contributed by atoms with van der Waals surface area (Å²) in [4.78, 5) is 21.5. The topological polar surface area (TPSA) is 123 Å². The average molecular weight is 677 g/mol. The third-order valence-corrected chi connectivity index (χ3v) is 10.8. The van der Waals surface area contributed by atoms with Gasteiger partial charge < -0.3 is 23.9 Å². The third-order valence-electron chi connectivity index (χ3n) is 8.84. The molecule has 4 aromatic rings. The number of fused-ring (bicyclic) bond motifs is 1. The predicted octanol–water partition coefficient (Wildman–Crippen LogP) is 5.80. The van der Waals surface area contributed by atoms with E-state index in [-0.39, 0.29) is 16.3 Å². The zero-order chi connectivity index (χ0) is 32.8. The van der Waals surface area contributed by atoms with Crippen LogP contribution in [0.3, 0.4) is 0 Å². The number of oxazole rings is 1. The van der Waals surface area contributed by atoms with Crippen molar-refractivity contribution in [3.05, 3.63) is 119 Å². The molecule has 2 unspecified atom stereocenters. The highest BCUT2D eigenvalue weighted by molar-refractivity contribution is 7.93. The Morgan fingerprint density at radius 3 is 2.68 bits per heavy atom. The van der Waals surface area contributed by atoms with Gasteiger partial charge in [-0.1, -0.05) is 42.8 Å². The molecule has 47 heavy (non-hydrogen) atoms. The highest BCUT2D eigenvalue weighted by Gasteiger charge is 2.65. The Morgan fingerprint density at radius 1 is 1.13 bits per heavy atom. The van der Waals surface area contributed by atoms with E-state index in [1.807, 2.05) is 36.1 Å². The second-order valence-corrected chi connectivity index (χ2v) is 13.6. The number of benzene rings is 3. The number of likely N-dealkylation sites (tertiary alicyclic amines) is 1. The molecule has 0 spiro atoms. The van der Waals surface area contributed by atoms with Crippen LogP contribution in [0.5, 0.6) is 5.75 Å². The lowest BCUT2D eigenvalue weighted by atomic mass is 9.86. The predicted molar refractivity (Wildman–Crippen MR) is 173 cm³/mol. The van der Waals surface area contributed by atoms with E-state index in [0.717, 1.165) is 22.0 Å². The van der Waals surface area contributed by atoms with Crippen molar-refractivity contribution >= 4 is 33.2 Å². The van der Waals surface area contributed by atoms with E-state index in [2.05, 4.69) is 10.3 Å². The summed E-state index contributed by atoms with van der Waals surface area (Å²) in [6.07, 6.45) is 4.86. The maximum absolute atomic E-state index is 15.3. The number of ether oxygens (including phenoxy) is 3. The molecule has 3 atom stereocenters. The van der Waals surface area contributed by atoms with Crippen molar-refractivity contribution < 1.29 is 31.8 Å². The second-order valence-electron chi connectivity index (χ2n) is 11.4. The molecule has 1 saturated heterocycles. The van der Waals surface area contributed by atoms with Crippen LogP contribution in [0.25, 0.3) is 0 Å². The molecule has 3 aliphatic heterocycles. The van der Waals surface area contributed by atoms with Gasteiger partial charge in [-0.3, -0.25) is 9.69 Å². The van der Waals surface area contributed by atoms with Crippen LogP contribution in [0.4, 0.5) is 5.69 Å². The molecule has 0 aliphatic carbocycles. The van der Waals surface area contributed by atoms with Gasteiger partial charge in [0, 0.05) is 29.2 Å². The molecule has 3 aromatic carbocycles. The number of anilines is 1. The number of hydrogen-bond acceptors (Lipinski definition) is 10. The minimum Gasteiger partial charge on any atom is -0.497 e. The number of sulfonamides is 1. The lowest BCUT2D eigenvalue weighted by Gasteiger charge is -2.40. The zero-order valence-electron chi connectivity index (χ0n) is 25.8. The van der Waals surface area contributed by atoms with Crippen LogP contribution < -0.4 is 14.4 Å². The van der Waals surface area contributed by atoms with Crippen molar-refractivity contribution in [2.24, 2.45) is 0 Å². The van der Waals surface area contributed by atoms with Gasteiger partial charge >= 0.3 is 0 Å². The van der Waals surface area contributed by atoms with Crippen LogP contribution in [0.1, 0.15) is 54.7 Å². The number of aromatic nitrogens is 1. The Labute approximate surface area is 277 Å². The zero-order valence-corrected chi connectivity index (χ0v) is 27.3. The fourth-order valence-electron chi connectivity index (χ4n) is 6.71. The lowest BCUT2D eigenvalue weighted by Crippen LogP contribution is -2.55. The SMILES string of the molecule is CCNCc1ccccc1C1OC=C(C2(N3CCC[C@H]3c3ncco3)C(=O)N(S(=O)(=O)c3ccc(OC)cc3)c3ccc(Cl)cc32)O1. The molecule has 1 amide bonds. The van der Waals surface area contributed by atoms with Gasteiger partial charge in [-0.15, -0.1) is 0 Å². The van der Waals surface area contributed by atoms with Crippen molar-refractivity contribution in [3.8, 4) is 5.75 Å². The van der Waals surface area contributed by atoms with E-state index < -0.39 is 33.8 Å². The summed E-state index contributed by atoms with van der Waals surface area (Å²) in [6.45, 7) is 3.79. The number of nitrogens with zero attached hydrogens (tertiary/aromatic N) is 3. The Balaban J connectivity index is 1.40. The molecule has 7 rings (SSSR count). The molecule has 13 heteroatoms. The van der Waals surface area contributed by atoms with E-state index in [4.69, 9.17) is 30.2 Å². The number of halogens is 1. The number of nitrogens with one attached hydrogen (secondary N) is 1. The van der Waals surface area contributed by atoms with Crippen LogP contribution in [0.15, 0.2) is 101 Å². The van der Waals surface area contributed by atoms with Crippen LogP contribution >= 0.6 is 11.6 Å². The van der Waals surface area contributed by atoms with Gasteiger partial charge in [0.1, 0.15) is 18.3 Å². The van der Waals surface area contributed by atoms with Gasteiger partial charge in [-0.25, -0.2) is 17.7 Å². The number of rotatable bonds is 10. The van der Waals surface area contributed by atoms with Crippen LogP contribution in [-0.4, -0.2) is 44.4 Å². The Morgan fingerprint density at radius 2 is 1.94 bits per heavy atom. The minimum absolute atomic E-state index is 0.0816. The number of hydrogen-bond donors (Lipinski definition) is 1. The second kappa shape index (κ2) is 12.3. The first-order chi connectivity index (χ1) is 22.8. The number of carbonyl (C=O) groups is 1. The molecular weight excluding hydrogens is 644 g/mol. The molecule has 1 N–H and O–H groups in total. The summed E-state index contributed by atoms with van der Waals surface area (Å²) in [5, 5.41) is 3.66. The minimum atomic E-state index is -4.44. The summed E-state index contributed by atoms with van der Waals surface area (Å²) < 4.78 is 53.5. The van der Waals surface area contributed by atoms with Crippen molar-refractivity contribution in [1.29, 1.82) is 0 Å². The van der Waals surface area contributed by atoms with E-state index in [1.54, 1.807) is 24.4 Å². The van der Waals surface area contributed by atoms with Gasteiger partial charge in [-0.2, -0.15) is 0 Å². The summed E-state index contributed by atoms with van der Waals surface area (Å²) >= 11 is 6.61. The summed E-state index contributed by atoms with van der Waals surface area (Å²) in [7, 11) is -2.94. The van der Waals surface area contributed by atoms with Crippen molar-refractivity contribution in [3.63, 3.8) is 0 Å². The van der Waals surface area contributed by atoms with E-state index in [0.29, 0.717) is 48.2 Å². The Bertz CT molecular complexity index is 1930. The molecule has 0 saturated carbocycles. The molecule has 1 fully saturated rings. The van der Waals surface area contributed by atoms with Crippen molar-refractivity contribution in [2.45, 2.75) is 49.1 Å². The van der Waals surface area contributed by atoms with Crippen LogP contribution in [-0.2, 0) is 36.4 Å². The van der Waals surface area contributed by atoms with Gasteiger partial charge in [0.2, 0.25) is 5.89 Å². The molecule has 0 bridgehead atoms. The number of carbonyl (C=O) groups excluding carboxylic acids is 1. The monoisotopic (exact) mass is 676 g/mol. The Kier molecular flexibility index (Phi) is 8.21. The molecule has 3 aliphatic rings. The molecule has 1 aromatic heterocycles. The van der Waals surface area contributed by atoms with Crippen molar-refractivity contribution in [2.75, 3.05) is 24.5 Å². The molecule has 244 valence electrons. The highest BCUT2D eigenvalue weighted by atomic mass is 35.5. The molecular formula is C34H33ClN4O7S. The molecule has 0 radical (unpaired) electrons. The smallest absolute Gasteiger partial charge is 0.274 e. The quantitative estimate of drug-likeness (QED) is 0.220. The van der Waals surface area contributed by atoms with Gasteiger partial charge in [-0.05, 0) is 67.4 Å². The van der Waals surface area contributed by atoms with E-state index in [1.165, 1.54) is 43.9 Å². The average Bonchev–Trinajstić information content (AvgIpc) is 3.90. The van der Waals surface area contributed by atoms with Crippen LogP contribution in [0.2, 0.25) is 5.02 Å². The highest BCUT2D eigenvalue weighted by Crippen LogP contribution is 2.57. The summed E-state index contributed by atoms with van der Waals surface area (Å²) in [5.74, 6) is 0.272. The standard InChI is InChI=1S/C34H33ClN4O7S/c1-3-36-20-22-7-4-5-8-26(22)32-45-21-30(46-32)34(38-17-6-9-29(38)31-37-16-18-44-31)27-19-23(35)10-15-28(27)39(33(34)40)47(41,42)25-13-11-24(43-2)12-14-25/h4-5,7-8,10-16,18-19,21,29,32,36H,3,6,9,17,20H2,1-2H3/t29-,32?,34?/m0/s1. The summed E-state index contributed by atoms with van der Waals surface area (Å²) in [5.41, 5.74) is 0.461. The van der Waals surface area contributed by atoms with Gasteiger partial charge in [0.15, 0.2) is 11.3 Å². The first kappa shape index (κ1) is 31.3. The number of methoxy groups -OCH3 is 1. The third kappa shape index (κ3) is 5.07. The number of amides is 1. The van der Waals surface area contributed by atoms with Crippen molar-refractivity contribution in [1.82, 2.24) is 15.2 Å². The van der Waals surface area contributed by atoms with E-state index >= 15 is 4.79 Å². The Hall–Kier alpha value is -4.36. The maximum atomic E-state index is 15.3. The molecule has 11 nitrogen and oxygen atoms in total. The van der Waals surface area contributed by atoms with E-state index in [9.17, 15) is 8.42 Å². The normalized spacial score (nSPS) is 22.6.